The zero-order valence-corrected chi connectivity index (χ0v) is 15.8. The van der Waals surface area contributed by atoms with Crippen LogP contribution in [0.25, 0.3) is 11.0 Å². The maximum atomic E-state index is 12.8. The maximum Gasteiger partial charge on any atom is 0.264 e. The third-order valence-electron chi connectivity index (χ3n) is 4.73. The van der Waals surface area contributed by atoms with Gasteiger partial charge in [-0.25, -0.2) is 9.67 Å². The first-order valence-electron chi connectivity index (χ1n) is 8.94. The van der Waals surface area contributed by atoms with Crippen molar-refractivity contribution in [2.45, 2.75) is 40.0 Å². The molecule has 0 fully saturated rings. The van der Waals surface area contributed by atoms with Crippen molar-refractivity contribution in [1.82, 2.24) is 24.2 Å². The van der Waals surface area contributed by atoms with Crippen molar-refractivity contribution >= 4 is 22.6 Å². The fraction of sp³-hybridized carbons (Fsp3) is 0.421. The average Bonchev–Trinajstić information content (AvgIpc) is 2.99. The first kappa shape index (κ1) is 17.2. The van der Waals surface area contributed by atoms with E-state index in [1.807, 2.05) is 28.9 Å². The van der Waals surface area contributed by atoms with Gasteiger partial charge in [-0.1, -0.05) is 43.6 Å². The van der Waals surface area contributed by atoms with E-state index >= 15 is 0 Å². The van der Waals surface area contributed by atoms with Crippen LogP contribution < -0.4 is 5.56 Å². The topological polar surface area (TPSA) is 56.0 Å². The standard InChI is InChI=1S/C19H22ClN5O/c1-13(2)10-25-18-15(9-21-25)19(26)24-8-7-23(12-17(24)22-18)11-14-5-3-4-6-16(14)20/h3-6,9,13H,7-8,10-12H2,1-2H3. The Labute approximate surface area is 157 Å². The van der Waals surface area contributed by atoms with Crippen LogP contribution in [0.3, 0.4) is 0 Å². The number of nitrogens with zero attached hydrogens (tertiary/aromatic N) is 5. The van der Waals surface area contributed by atoms with Crippen LogP contribution in [0.2, 0.25) is 5.02 Å². The highest BCUT2D eigenvalue weighted by atomic mass is 35.5. The molecule has 0 saturated heterocycles. The second-order valence-electron chi connectivity index (χ2n) is 7.24. The van der Waals surface area contributed by atoms with Crippen LogP contribution in [0.4, 0.5) is 0 Å². The molecule has 6 nitrogen and oxygen atoms in total. The van der Waals surface area contributed by atoms with Gasteiger partial charge in [0.25, 0.3) is 5.56 Å². The van der Waals surface area contributed by atoms with Gasteiger partial charge in [-0.2, -0.15) is 5.10 Å². The van der Waals surface area contributed by atoms with Gasteiger partial charge in [-0.3, -0.25) is 14.3 Å². The molecule has 26 heavy (non-hydrogen) atoms. The molecule has 3 heterocycles. The molecule has 0 bridgehead atoms. The lowest BCUT2D eigenvalue weighted by atomic mass is 10.2. The predicted octanol–water partition coefficient (Wildman–Crippen LogP) is 2.92. The van der Waals surface area contributed by atoms with Crippen molar-refractivity contribution in [2.24, 2.45) is 5.92 Å². The van der Waals surface area contributed by atoms with Gasteiger partial charge in [0.1, 0.15) is 11.2 Å². The molecule has 7 heteroatoms. The quantitative estimate of drug-likeness (QED) is 0.707. The highest BCUT2D eigenvalue weighted by Gasteiger charge is 2.22. The average molecular weight is 372 g/mol. The molecule has 0 amide bonds. The van der Waals surface area contributed by atoms with Gasteiger partial charge >= 0.3 is 0 Å². The SMILES string of the molecule is CC(C)Cn1ncc2c(=O)n3c(nc21)CN(Cc1ccccc1Cl)CC3. The fourth-order valence-corrected chi connectivity index (χ4v) is 3.64. The van der Waals surface area contributed by atoms with Crippen LogP contribution in [-0.2, 0) is 26.2 Å². The normalized spacial score (nSPS) is 14.9. The molecule has 0 saturated carbocycles. The van der Waals surface area contributed by atoms with Gasteiger partial charge in [0.05, 0.1) is 12.7 Å². The fourth-order valence-electron chi connectivity index (χ4n) is 3.45. The summed E-state index contributed by atoms with van der Waals surface area (Å²) in [7, 11) is 0. The number of halogens is 1. The molecule has 1 aliphatic rings. The summed E-state index contributed by atoms with van der Waals surface area (Å²) in [6.45, 7) is 7.82. The number of hydrogen-bond donors (Lipinski definition) is 0. The van der Waals surface area contributed by atoms with Gasteiger partial charge in [-0.05, 0) is 17.5 Å². The number of fused-ring (bicyclic) bond motifs is 2. The van der Waals surface area contributed by atoms with E-state index in [0.717, 1.165) is 36.0 Å². The molecule has 0 N–H and O–H groups in total. The van der Waals surface area contributed by atoms with E-state index in [2.05, 4.69) is 23.8 Å². The number of aromatic nitrogens is 4. The summed E-state index contributed by atoms with van der Waals surface area (Å²) in [5.74, 6) is 1.24. The lowest BCUT2D eigenvalue weighted by Crippen LogP contribution is -2.39. The third kappa shape index (κ3) is 3.15. The first-order chi connectivity index (χ1) is 12.5. The summed E-state index contributed by atoms with van der Waals surface area (Å²) in [6, 6.07) is 7.88. The van der Waals surface area contributed by atoms with Gasteiger partial charge < -0.3 is 0 Å². The lowest BCUT2D eigenvalue weighted by molar-refractivity contribution is 0.204. The Morgan fingerprint density at radius 1 is 1.23 bits per heavy atom. The molecular formula is C19H22ClN5O. The zero-order chi connectivity index (χ0) is 18.3. The molecule has 2 aromatic heterocycles. The molecule has 136 valence electrons. The molecule has 1 aromatic carbocycles. The van der Waals surface area contributed by atoms with Crippen molar-refractivity contribution in [1.29, 1.82) is 0 Å². The first-order valence-corrected chi connectivity index (χ1v) is 9.31. The second-order valence-corrected chi connectivity index (χ2v) is 7.65. The Morgan fingerprint density at radius 3 is 2.81 bits per heavy atom. The zero-order valence-electron chi connectivity index (χ0n) is 15.0. The lowest BCUT2D eigenvalue weighted by Gasteiger charge is -2.29. The molecule has 4 rings (SSSR count). The van der Waals surface area contributed by atoms with E-state index in [0.29, 0.717) is 30.0 Å². The highest BCUT2D eigenvalue weighted by Crippen LogP contribution is 2.20. The molecule has 0 aliphatic carbocycles. The molecule has 3 aromatic rings. The Morgan fingerprint density at radius 2 is 2.04 bits per heavy atom. The Kier molecular flexibility index (Phi) is 4.54. The van der Waals surface area contributed by atoms with Crippen LogP contribution in [0.5, 0.6) is 0 Å². The van der Waals surface area contributed by atoms with E-state index in [4.69, 9.17) is 16.6 Å². The van der Waals surface area contributed by atoms with Crippen LogP contribution in [0, 0.1) is 5.92 Å². The summed E-state index contributed by atoms with van der Waals surface area (Å²) in [5, 5.41) is 5.75. The summed E-state index contributed by atoms with van der Waals surface area (Å²) < 4.78 is 3.63. The smallest absolute Gasteiger partial charge is 0.264 e. The molecule has 0 atom stereocenters. The van der Waals surface area contributed by atoms with Crippen molar-refractivity contribution in [3.05, 3.63) is 57.2 Å². The minimum atomic E-state index is 0.0115. The molecule has 0 unspecified atom stereocenters. The number of hydrogen-bond acceptors (Lipinski definition) is 4. The molecule has 1 aliphatic heterocycles. The van der Waals surface area contributed by atoms with Crippen LogP contribution >= 0.6 is 11.6 Å². The predicted molar refractivity (Wildman–Crippen MR) is 102 cm³/mol. The second kappa shape index (κ2) is 6.85. The van der Waals surface area contributed by atoms with E-state index in [1.165, 1.54) is 0 Å². The summed E-state index contributed by atoms with van der Waals surface area (Å²) in [6.07, 6.45) is 1.65. The van der Waals surface area contributed by atoms with Gasteiger partial charge in [-0.15, -0.1) is 0 Å². The van der Waals surface area contributed by atoms with Crippen LogP contribution in [0.15, 0.2) is 35.3 Å². The number of benzene rings is 1. The van der Waals surface area contributed by atoms with Crippen molar-refractivity contribution in [2.75, 3.05) is 6.54 Å². The number of rotatable bonds is 4. The summed E-state index contributed by atoms with van der Waals surface area (Å²) >= 11 is 6.29. The van der Waals surface area contributed by atoms with Crippen molar-refractivity contribution in [3.8, 4) is 0 Å². The van der Waals surface area contributed by atoms with Gasteiger partial charge in [0, 0.05) is 31.2 Å². The minimum Gasteiger partial charge on any atom is -0.294 e. The monoisotopic (exact) mass is 371 g/mol. The highest BCUT2D eigenvalue weighted by molar-refractivity contribution is 6.31. The van der Waals surface area contributed by atoms with E-state index < -0.39 is 0 Å². The molecule has 0 radical (unpaired) electrons. The Balaban J connectivity index is 1.66. The van der Waals surface area contributed by atoms with Crippen molar-refractivity contribution in [3.63, 3.8) is 0 Å². The Hall–Kier alpha value is -2.18. The van der Waals surface area contributed by atoms with Crippen LogP contribution in [0.1, 0.15) is 25.2 Å². The summed E-state index contributed by atoms with van der Waals surface area (Å²) in [5.41, 5.74) is 1.79. The van der Waals surface area contributed by atoms with Crippen LogP contribution in [-0.4, -0.2) is 30.8 Å². The minimum absolute atomic E-state index is 0.0115. The van der Waals surface area contributed by atoms with Gasteiger partial charge in [0.2, 0.25) is 0 Å². The van der Waals surface area contributed by atoms with Crippen molar-refractivity contribution < 1.29 is 0 Å². The summed E-state index contributed by atoms with van der Waals surface area (Å²) in [4.78, 5) is 19.9. The van der Waals surface area contributed by atoms with Gasteiger partial charge in [0.15, 0.2) is 5.65 Å². The largest absolute Gasteiger partial charge is 0.294 e. The Bertz CT molecular complexity index is 1010. The van der Waals surface area contributed by atoms with E-state index in [-0.39, 0.29) is 5.56 Å². The molecule has 0 spiro atoms. The molecular weight excluding hydrogens is 350 g/mol. The van der Waals surface area contributed by atoms with E-state index in [1.54, 1.807) is 10.8 Å². The third-order valence-corrected chi connectivity index (χ3v) is 5.10. The maximum absolute atomic E-state index is 12.8. The van der Waals surface area contributed by atoms with E-state index in [9.17, 15) is 4.79 Å².